The molecule has 16 heteroatoms. The predicted molar refractivity (Wildman–Crippen MR) is 177 cm³/mol. The van der Waals surface area contributed by atoms with E-state index in [1.165, 1.54) is 0 Å². The summed E-state index contributed by atoms with van der Waals surface area (Å²) < 4.78 is 83.3. The fourth-order valence-electron chi connectivity index (χ4n) is 7.25. The van der Waals surface area contributed by atoms with Crippen molar-refractivity contribution in [1.82, 2.24) is 0 Å². The molecular formula is C35H32F6N4O6. The van der Waals surface area contributed by atoms with Crippen molar-refractivity contribution in [3.05, 3.63) is 101 Å². The first-order valence-corrected chi connectivity index (χ1v) is 16.3. The smallest absolute Gasteiger partial charge is 0.416 e. The molecule has 2 aliphatic carbocycles. The van der Waals surface area contributed by atoms with Gasteiger partial charge in [-0.3, -0.25) is 24.0 Å². The van der Waals surface area contributed by atoms with Gasteiger partial charge in [-0.1, -0.05) is 0 Å². The molecule has 2 saturated carbocycles. The van der Waals surface area contributed by atoms with E-state index in [4.69, 9.17) is 4.74 Å². The molecule has 4 N–H and O–H groups in total. The van der Waals surface area contributed by atoms with Crippen LogP contribution in [0.25, 0.3) is 0 Å². The van der Waals surface area contributed by atoms with E-state index in [1.54, 1.807) is 6.92 Å². The Morgan fingerprint density at radius 3 is 1.39 bits per heavy atom. The predicted octanol–water partition coefficient (Wildman–Crippen LogP) is 6.20. The number of esters is 1. The third-order valence-corrected chi connectivity index (χ3v) is 9.96. The minimum atomic E-state index is -4.55. The summed E-state index contributed by atoms with van der Waals surface area (Å²) in [5, 5.41) is 11.7. The minimum Gasteiger partial charge on any atom is -0.466 e. The lowest BCUT2D eigenvalue weighted by Gasteiger charge is -2.50. The summed E-state index contributed by atoms with van der Waals surface area (Å²) in [7, 11) is 0. The van der Waals surface area contributed by atoms with Crippen LogP contribution in [-0.2, 0) is 21.9 Å². The molecule has 0 aromatic heterocycles. The number of benzene rings is 2. The number of hydrogen-bond donors (Lipinski definition) is 4. The zero-order valence-electron chi connectivity index (χ0n) is 27.0. The Morgan fingerprint density at radius 1 is 0.667 bits per heavy atom. The van der Waals surface area contributed by atoms with Gasteiger partial charge in [0.15, 0.2) is 0 Å². The zero-order chi connectivity index (χ0) is 36.9. The Hall–Kier alpha value is -5.15. The number of ether oxygens (including phenoxy) is 1. The van der Waals surface area contributed by atoms with Crippen LogP contribution in [0.3, 0.4) is 0 Å². The molecule has 2 unspecified atom stereocenters. The topological polar surface area (TPSA) is 143 Å². The van der Waals surface area contributed by atoms with Crippen LogP contribution in [0.5, 0.6) is 0 Å². The number of anilines is 6. The molecule has 270 valence electrons. The van der Waals surface area contributed by atoms with Crippen molar-refractivity contribution in [2.75, 3.05) is 27.9 Å². The van der Waals surface area contributed by atoms with Gasteiger partial charge in [0.1, 0.15) is 22.7 Å². The third-order valence-electron chi connectivity index (χ3n) is 9.96. The van der Waals surface area contributed by atoms with Gasteiger partial charge in [-0.15, -0.1) is 0 Å². The van der Waals surface area contributed by atoms with Crippen molar-refractivity contribution in [1.29, 1.82) is 0 Å². The molecule has 0 spiro atoms. The van der Waals surface area contributed by atoms with Crippen LogP contribution in [0.4, 0.5) is 60.5 Å². The van der Waals surface area contributed by atoms with Gasteiger partial charge in [-0.25, -0.2) is 0 Å². The Bertz CT molecular complexity index is 1940. The fourth-order valence-corrected chi connectivity index (χ4v) is 7.25. The number of carbonyl (C=O) groups is 1. The summed E-state index contributed by atoms with van der Waals surface area (Å²) in [5.74, 6) is -0.700. The monoisotopic (exact) mass is 718 g/mol. The second-order valence-corrected chi connectivity index (χ2v) is 13.0. The first-order chi connectivity index (χ1) is 24.0. The molecule has 0 heterocycles. The lowest BCUT2D eigenvalue weighted by molar-refractivity contribution is -0.165. The Kier molecular flexibility index (Phi) is 9.23. The average molecular weight is 719 g/mol. The number of hydrogen-bond acceptors (Lipinski definition) is 10. The normalized spacial score (nSPS) is 22.3. The summed E-state index contributed by atoms with van der Waals surface area (Å²) in [6.45, 7) is 1.85. The van der Waals surface area contributed by atoms with Crippen LogP contribution >= 0.6 is 0 Å². The summed E-state index contributed by atoms with van der Waals surface area (Å²) in [4.78, 5) is 63.4. The van der Waals surface area contributed by atoms with Gasteiger partial charge in [-0.2, -0.15) is 26.3 Å². The van der Waals surface area contributed by atoms with E-state index in [9.17, 15) is 50.3 Å². The van der Waals surface area contributed by atoms with E-state index >= 15 is 0 Å². The SMILES string of the molecule is CCOC(=O)C12CC[C@@H](Nc3c(Nc4ccc(C(F)(F)F)cc4)c(=O)c3=O)CC1C[C@@H](Nc1c(Nc3ccc(C(F)(F)F)cc3)c(=O)c1=O)CC2. The second-order valence-electron chi connectivity index (χ2n) is 13.0. The lowest BCUT2D eigenvalue weighted by atomic mass is 9.57. The fraction of sp³-hybridized carbons (Fsp3) is 0.400. The largest absolute Gasteiger partial charge is 0.466 e. The van der Waals surface area contributed by atoms with Crippen LogP contribution in [0, 0.1) is 11.3 Å². The summed E-state index contributed by atoms with van der Waals surface area (Å²) in [6.07, 6.45) is -6.72. The molecule has 51 heavy (non-hydrogen) atoms. The van der Waals surface area contributed by atoms with E-state index < -0.39 is 50.6 Å². The number of nitrogens with one attached hydrogen (secondary N) is 4. The van der Waals surface area contributed by atoms with Crippen LogP contribution < -0.4 is 43.0 Å². The summed E-state index contributed by atoms with van der Waals surface area (Å²) in [6, 6.07) is 7.22. The van der Waals surface area contributed by atoms with E-state index in [0.717, 1.165) is 48.5 Å². The van der Waals surface area contributed by atoms with Crippen LogP contribution in [0.15, 0.2) is 67.7 Å². The highest BCUT2D eigenvalue weighted by atomic mass is 19.4. The summed E-state index contributed by atoms with van der Waals surface area (Å²) >= 11 is 0. The van der Waals surface area contributed by atoms with Crippen molar-refractivity contribution < 1.29 is 35.9 Å². The molecule has 0 aliphatic heterocycles. The van der Waals surface area contributed by atoms with Gasteiger partial charge < -0.3 is 26.0 Å². The number of carbonyl (C=O) groups excluding carboxylic acids is 1. The molecule has 4 atom stereocenters. The molecule has 2 aliphatic rings. The second kappa shape index (κ2) is 13.2. The quantitative estimate of drug-likeness (QED) is 0.0851. The molecule has 0 bridgehead atoms. The van der Waals surface area contributed by atoms with Crippen molar-refractivity contribution in [2.24, 2.45) is 11.3 Å². The van der Waals surface area contributed by atoms with Crippen molar-refractivity contribution in [3.8, 4) is 0 Å². The van der Waals surface area contributed by atoms with Crippen molar-refractivity contribution in [3.63, 3.8) is 0 Å². The Morgan fingerprint density at radius 2 is 1.04 bits per heavy atom. The van der Waals surface area contributed by atoms with Gasteiger partial charge in [0.05, 0.1) is 23.1 Å². The molecule has 10 nitrogen and oxygen atoms in total. The summed E-state index contributed by atoms with van der Waals surface area (Å²) in [5.41, 5.74) is -5.69. The maximum atomic E-state index is 13.4. The Balaban J connectivity index is 1.17. The average Bonchev–Trinajstić information content (AvgIpc) is 3.10. The molecule has 4 aromatic carbocycles. The highest BCUT2D eigenvalue weighted by Gasteiger charge is 2.53. The number of fused-ring (bicyclic) bond motifs is 1. The highest BCUT2D eigenvalue weighted by Crippen LogP contribution is 2.52. The van der Waals surface area contributed by atoms with Gasteiger partial charge in [0, 0.05) is 23.5 Å². The maximum Gasteiger partial charge on any atom is 0.416 e. The van der Waals surface area contributed by atoms with Crippen molar-refractivity contribution in [2.45, 2.75) is 69.9 Å². The molecule has 0 radical (unpaired) electrons. The van der Waals surface area contributed by atoms with Crippen LogP contribution in [0.2, 0.25) is 0 Å². The zero-order valence-corrected chi connectivity index (χ0v) is 27.0. The van der Waals surface area contributed by atoms with Gasteiger partial charge in [0.25, 0.3) is 21.7 Å². The lowest BCUT2D eigenvalue weighted by Crippen LogP contribution is -2.53. The van der Waals surface area contributed by atoms with Crippen LogP contribution in [0.1, 0.15) is 56.6 Å². The first kappa shape index (κ1) is 35.7. The van der Waals surface area contributed by atoms with E-state index in [-0.39, 0.29) is 64.7 Å². The molecule has 0 amide bonds. The standard InChI is InChI=1S/C35H32F6N4O6/c1-2-51-32(50)33-13-11-22(44-26-24(28(46)30(26)48)42-20-7-3-17(4-8-20)34(36,37)38)15-19(33)16-23(12-14-33)45-27-25(29(47)31(27)49)43-21-9-5-18(6-10-21)35(39,40)41/h3-10,19,22-23,42-45H,2,11-16H2,1H3/t19?,22-,23+,33?. The van der Waals surface area contributed by atoms with E-state index in [1.807, 2.05) is 0 Å². The molecule has 2 fully saturated rings. The third kappa shape index (κ3) is 6.82. The van der Waals surface area contributed by atoms with Crippen molar-refractivity contribution >= 4 is 40.1 Å². The van der Waals surface area contributed by atoms with E-state index in [2.05, 4.69) is 21.3 Å². The first-order valence-electron chi connectivity index (χ1n) is 16.3. The number of alkyl halides is 6. The van der Waals surface area contributed by atoms with Gasteiger partial charge in [0.2, 0.25) is 0 Å². The number of halogens is 6. The minimum absolute atomic E-state index is 0.0123. The van der Waals surface area contributed by atoms with Gasteiger partial charge >= 0.3 is 18.3 Å². The van der Waals surface area contributed by atoms with Gasteiger partial charge in [-0.05, 0) is 99.9 Å². The maximum absolute atomic E-state index is 13.4. The highest BCUT2D eigenvalue weighted by molar-refractivity contribution is 5.81. The number of rotatable bonds is 10. The Labute approximate surface area is 285 Å². The molecule has 0 saturated heterocycles. The molecular weight excluding hydrogens is 686 g/mol. The molecule has 4 aromatic rings. The van der Waals surface area contributed by atoms with Crippen LogP contribution in [-0.4, -0.2) is 24.7 Å². The molecule has 6 rings (SSSR count). The van der Waals surface area contributed by atoms with E-state index in [0.29, 0.717) is 38.5 Å².